The molecule has 1 aromatic rings. The summed E-state index contributed by atoms with van der Waals surface area (Å²) in [6.07, 6.45) is 5.46. The van der Waals surface area contributed by atoms with Gasteiger partial charge in [0.1, 0.15) is 19.8 Å². The topological polar surface area (TPSA) is 73.0 Å². The van der Waals surface area contributed by atoms with Crippen molar-refractivity contribution < 1.29 is 14.4 Å². The highest BCUT2D eigenvalue weighted by molar-refractivity contribution is 6.30. The maximum absolute atomic E-state index is 12.9. The normalized spacial score (nSPS) is 17.5. The molecule has 0 spiro atoms. The second kappa shape index (κ2) is 10.2. The first-order valence-corrected chi connectivity index (χ1v) is 11.1. The van der Waals surface area contributed by atoms with Crippen molar-refractivity contribution in [2.75, 3.05) is 31.2 Å². The number of amides is 4. The number of nitrogens with one attached hydrogen (secondary N) is 1. The van der Waals surface area contributed by atoms with Gasteiger partial charge in [0, 0.05) is 23.3 Å². The molecule has 0 unspecified atom stereocenters. The van der Waals surface area contributed by atoms with E-state index in [1.807, 2.05) is 13.8 Å². The SMILES string of the molecule is CC(C)CN(CC(=O)N1CC(=O)N(c2ccc(Cl)cc2)C1)C(=O)NC1CCCCC1. The summed E-state index contributed by atoms with van der Waals surface area (Å²) in [6, 6.07) is 6.95. The molecular formula is C22H31ClN4O3. The van der Waals surface area contributed by atoms with Gasteiger partial charge in [-0.15, -0.1) is 0 Å². The Morgan fingerprint density at radius 1 is 1.17 bits per heavy atom. The number of rotatable bonds is 6. The summed E-state index contributed by atoms with van der Waals surface area (Å²) >= 11 is 5.92. The summed E-state index contributed by atoms with van der Waals surface area (Å²) in [4.78, 5) is 42.8. The van der Waals surface area contributed by atoms with Gasteiger partial charge in [-0.1, -0.05) is 44.7 Å². The first-order valence-electron chi connectivity index (χ1n) is 10.7. The Bertz CT molecular complexity index is 762. The van der Waals surface area contributed by atoms with Crippen molar-refractivity contribution in [3.8, 4) is 0 Å². The van der Waals surface area contributed by atoms with Crippen molar-refractivity contribution in [1.82, 2.24) is 15.1 Å². The van der Waals surface area contributed by atoms with Crippen LogP contribution in [0.5, 0.6) is 0 Å². The number of anilines is 1. The second-order valence-corrected chi connectivity index (χ2v) is 9.03. The molecule has 4 amide bonds. The molecule has 3 rings (SSSR count). The minimum absolute atomic E-state index is 0.0151. The third-order valence-electron chi connectivity index (χ3n) is 5.56. The molecule has 0 radical (unpaired) electrons. The van der Waals surface area contributed by atoms with E-state index in [1.165, 1.54) is 11.3 Å². The average Bonchev–Trinajstić information content (AvgIpc) is 3.10. The van der Waals surface area contributed by atoms with Gasteiger partial charge in [-0.3, -0.25) is 14.5 Å². The Labute approximate surface area is 183 Å². The third-order valence-corrected chi connectivity index (χ3v) is 5.81. The van der Waals surface area contributed by atoms with Gasteiger partial charge in [0.05, 0.1) is 0 Å². The van der Waals surface area contributed by atoms with Crippen LogP contribution in [0.1, 0.15) is 46.0 Å². The summed E-state index contributed by atoms with van der Waals surface area (Å²) in [5.74, 6) is -0.132. The molecule has 164 valence electrons. The zero-order chi connectivity index (χ0) is 21.7. The van der Waals surface area contributed by atoms with Crippen LogP contribution in [0, 0.1) is 5.92 Å². The van der Waals surface area contributed by atoms with Crippen LogP contribution in [0.2, 0.25) is 5.02 Å². The van der Waals surface area contributed by atoms with Crippen LogP contribution < -0.4 is 10.2 Å². The van der Waals surface area contributed by atoms with Gasteiger partial charge in [0.2, 0.25) is 11.8 Å². The molecular weight excluding hydrogens is 404 g/mol. The van der Waals surface area contributed by atoms with Crippen LogP contribution in [-0.2, 0) is 9.59 Å². The quantitative estimate of drug-likeness (QED) is 0.745. The van der Waals surface area contributed by atoms with Crippen LogP contribution in [0.4, 0.5) is 10.5 Å². The van der Waals surface area contributed by atoms with Crippen molar-refractivity contribution in [3.05, 3.63) is 29.3 Å². The molecule has 1 saturated carbocycles. The van der Waals surface area contributed by atoms with Gasteiger partial charge in [0.15, 0.2) is 0 Å². The summed E-state index contributed by atoms with van der Waals surface area (Å²) in [5.41, 5.74) is 0.703. The van der Waals surface area contributed by atoms with E-state index in [9.17, 15) is 14.4 Å². The fourth-order valence-corrected chi connectivity index (χ4v) is 4.12. The number of hydrogen-bond acceptors (Lipinski definition) is 3. The Morgan fingerprint density at radius 2 is 1.83 bits per heavy atom. The predicted octanol–water partition coefficient (Wildman–Crippen LogP) is 3.47. The van der Waals surface area contributed by atoms with E-state index in [0.717, 1.165) is 25.7 Å². The van der Waals surface area contributed by atoms with Crippen LogP contribution >= 0.6 is 11.6 Å². The van der Waals surface area contributed by atoms with Crippen LogP contribution in [-0.4, -0.2) is 60.0 Å². The molecule has 2 fully saturated rings. The van der Waals surface area contributed by atoms with E-state index < -0.39 is 0 Å². The second-order valence-electron chi connectivity index (χ2n) is 8.59. The molecule has 0 aromatic heterocycles. The lowest BCUT2D eigenvalue weighted by molar-refractivity contribution is -0.132. The van der Waals surface area contributed by atoms with Crippen molar-refractivity contribution >= 4 is 35.1 Å². The highest BCUT2D eigenvalue weighted by Gasteiger charge is 2.33. The zero-order valence-electron chi connectivity index (χ0n) is 17.8. The smallest absolute Gasteiger partial charge is 0.318 e. The van der Waals surface area contributed by atoms with Crippen LogP contribution in [0.25, 0.3) is 0 Å². The molecule has 1 aromatic carbocycles. The number of carbonyl (C=O) groups excluding carboxylic acids is 3. The lowest BCUT2D eigenvalue weighted by Gasteiger charge is -2.30. The van der Waals surface area contributed by atoms with Gasteiger partial charge >= 0.3 is 6.03 Å². The maximum Gasteiger partial charge on any atom is 0.318 e. The highest BCUT2D eigenvalue weighted by atomic mass is 35.5. The molecule has 0 atom stereocenters. The number of halogens is 1. The molecule has 0 bridgehead atoms. The van der Waals surface area contributed by atoms with E-state index in [2.05, 4.69) is 5.32 Å². The van der Waals surface area contributed by atoms with Gasteiger partial charge in [-0.25, -0.2) is 4.79 Å². The largest absolute Gasteiger partial charge is 0.335 e. The van der Waals surface area contributed by atoms with E-state index in [1.54, 1.807) is 34.1 Å². The molecule has 1 aliphatic carbocycles. The summed E-state index contributed by atoms with van der Waals surface area (Å²) in [5, 5.41) is 3.68. The molecule has 8 heteroatoms. The summed E-state index contributed by atoms with van der Waals surface area (Å²) < 4.78 is 0. The van der Waals surface area contributed by atoms with Crippen molar-refractivity contribution in [1.29, 1.82) is 0 Å². The van der Waals surface area contributed by atoms with E-state index in [4.69, 9.17) is 11.6 Å². The first-order chi connectivity index (χ1) is 14.3. The minimum atomic E-state index is -0.223. The van der Waals surface area contributed by atoms with E-state index >= 15 is 0 Å². The average molecular weight is 435 g/mol. The number of carbonyl (C=O) groups is 3. The molecule has 1 saturated heterocycles. The highest BCUT2D eigenvalue weighted by Crippen LogP contribution is 2.22. The van der Waals surface area contributed by atoms with Crippen molar-refractivity contribution in [2.24, 2.45) is 5.92 Å². The zero-order valence-corrected chi connectivity index (χ0v) is 18.5. The van der Waals surface area contributed by atoms with Crippen LogP contribution in [0.15, 0.2) is 24.3 Å². The Hall–Kier alpha value is -2.28. The number of nitrogens with zero attached hydrogens (tertiary/aromatic N) is 3. The van der Waals surface area contributed by atoms with Gasteiger partial charge in [-0.05, 0) is 43.0 Å². The Kier molecular flexibility index (Phi) is 7.58. The summed E-state index contributed by atoms with van der Waals surface area (Å²) in [7, 11) is 0. The Balaban J connectivity index is 1.61. The molecule has 7 nitrogen and oxygen atoms in total. The molecule has 30 heavy (non-hydrogen) atoms. The van der Waals surface area contributed by atoms with E-state index in [0.29, 0.717) is 17.3 Å². The molecule has 1 heterocycles. The van der Waals surface area contributed by atoms with E-state index in [-0.39, 0.29) is 49.6 Å². The number of hydrogen-bond donors (Lipinski definition) is 1. The third kappa shape index (κ3) is 5.88. The monoisotopic (exact) mass is 434 g/mol. The first kappa shape index (κ1) is 22.4. The number of urea groups is 1. The van der Waals surface area contributed by atoms with Crippen LogP contribution in [0.3, 0.4) is 0 Å². The van der Waals surface area contributed by atoms with Gasteiger partial charge < -0.3 is 15.1 Å². The maximum atomic E-state index is 12.9. The standard InChI is InChI=1S/C22H31ClN4O3/c1-16(2)12-25(22(30)24-18-6-4-3-5-7-18)13-20(28)26-14-21(29)27(15-26)19-10-8-17(23)9-11-19/h8-11,16,18H,3-7,12-15H2,1-2H3,(H,24,30). The minimum Gasteiger partial charge on any atom is -0.335 e. The molecule has 2 aliphatic rings. The lowest BCUT2D eigenvalue weighted by atomic mass is 9.96. The fraction of sp³-hybridized carbons (Fsp3) is 0.591. The Morgan fingerprint density at radius 3 is 2.47 bits per heavy atom. The molecule has 1 aliphatic heterocycles. The fourth-order valence-electron chi connectivity index (χ4n) is 4.00. The molecule has 1 N–H and O–H groups in total. The van der Waals surface area contributed by atoms with Crippen molar-refractivity contribution in [3.63, 3.8) is 0 Å². The van der Waals surface area contributed by atoms with Gasteiger partial charge in [-0.2, -0.15) is 0 Å². The van der Waals surface area contributed by atoms with Crippen molar-refractivity contribution in [2.45, 2.75) is 52.0 Å². The van der Waals surface area contributed by atoms with Gasteiger partial charge in [0.25, 0.3) is 0 Å². The predicted molar refractivity (Wildman–Crippen MR) is 117 cm³/mol. The lowest BCUT2D eigenvalue weighted by Crippen LogP contribution is -2.50. The number of benzene rings is 1. The summed E-state index contributed by atoms with van der Waals surface area (Å²) in [6.45, 7) is 4.70.